The molecule has 5 nitrogen and oxygen atoms in total. The van der Waals surface area contributed by atoms with Crippen molar-refractivity contribution in [3.05, 3.63) is 60.1 Å². The van der Waals surface area contributed by atoms with Gasteiger partial charge in [-0.05, 0) is 24.6 Å². The fraction of sp³-hybridized carbons (Fsp3) is 0.200. The molecule has 1 atom stereocenters. The number of furan rings is 1. The first kappa shape index (κ1) is 13.9. The molecule has 1 amide bonds. The van der Waals surface area contributed by atoms with Crippen LogP contribution in [-0.2, 0) is 9.53 Å². The predicted molar refractivity (Wildman–Crippen MR) is 72.0 cm³/mol. The van der Waals surface area contributed by atoms with E-state index in [1.807, 2.05) is 37.3 Å². The summed E-state index contributed by atoms with van der Waals surface area (Å²) >= 11 is 0. The van der Waals surface area contributed by atoms with Crippen molar-refractivity contribution in [3.63, 3.8) is 0 Å². The molecule has 1 aromatic heterocycles. The maximum atomic E-state index is 11.7. The second kappa shape index (κ2) is 6.56. The number of ether oxygens (including phenoxy) is 1. The summed E-state index contributed by atoms with van der Waals surface area (Å²) in [5.41, 5.74) is 0.984. The van der Waals surface area contributed by atoms with Crippen molar-refractivity contribution in [2.45, 2.75) is 13.0 Å². The van der Waals surface area contributed by atoms with E-state index in [0.29, 0.717) is 0 Å². The van der Waals surface area contributed by atoms with Crippen molar-refractivity contribution in [2.24, 2.45) is 0 Å². The number of amides is 1. The average molecular weight is 273 g/mol. The van der Waals surface area contributed by atoms with Gasteiger partial charge in [0, 0.05) is 0 Å². The fourth-order valence-corrected chi connectivity index (χ4v) is 1.71. The predicted octanol–water partition coefficient (Wildman–Crippen LogP) is 2.31. The highest BCUT2D eigenvalue weighted by Crippen LogP contribution is 2.10. The Morgan fingerprint density at radius 2 is 1.95 bits per heavy atom. The van der Waals surface area contributed by atoms with Crippen molar-refractivity contribution in [1.82, 2.24) is 5.32 Å². The van der Waals surface area contributed by atoms with Gasteiger partial charge in [-0.25, -0.2) is 4.79 Å². The normalized spacial score (nSPS) is 11.7. The third kappa shape index (κ3) is 3.71. The number of hydrogen-bond acceptors (Lipinski definition) is 4. The number of hydrogen-bond donors (Lipinski definition) is 1. The van der Waals surface area contributed by atoms with Crippen LogP contribution in [0.5, 0.6) is 0 Å². The lowest BCUT2D eigenvalue weighted by Gasteiger charge is -2.14. The highest BCUT2D eigenvalue weighted by Gasteiger charge is 2.14. The Kier molecular flexibility index (Phi) is 4.55. The quantitative estimate of drug-likeness (QED) is 0.849. The molecule has 1 N–H and O–H groups in total. The first-order valence-corrected chi connectivity index (χ1v) is 6.22. The first-order chi connectivity index (χ1) is 9.66. The van der Waals surface area contributed by atoms with Gasteiger partial charge in [0.1, 0.15) is 0 Å². The summed E-state index contributed by atoms with van der Waals surface area (Å²) in [5.74, 6) is -0.937. The topological polar surface area (TPSA) is 68.5 Å². The van der Waals surface area contributed by atoms with Crippen LogP contribution in [0.1, 0.15) is 29.1 Å². The summed E-state index contributed by atoms with van der Waals surface area (Å²) in [6.07, 6.45) is 1.37. The summed E-state index contributed by atoms with van der Waals surface area (Å²) in [7, 11) is 0. The fourth-order valence-electron chi connectivity index (χ4n) is 1.71. The van der Waals surface area contributed by atoms with E-state index in [0.717, 1.165) is 5.56 Å². The second-order valence-corrected chi connectivity index (χ2v) is 4.25. The van der Waals surface area contributed by atoms with E-state index in [9.17, 15) is 9.59 Å². The third-order valence-corrected chi connectivity index (χ3v) is 2.73. The van der Waals surface area contributed by atoms with Crippen LogP contribution in [0.25, 0.3) is 0 Å². The molecule has 1 aromatic carbocycles. The van der Waals surface area contributed by atoms with Gasteiger partial charge in [-0.1, -0.05) is 30.3 Å². The van der Waals surface area contributed by atoms with Crippen LogP contribution in [0, 0.1) is 0 Å². The number of rotatable bonds is 5. The van der Waals surface area contributed by atoms with Gasteiger partial charge >= 0.3 is 5.97 Å². The maximum absolute atomic E-state index is 11.7. The number of esters is 1. The molecule has 0 saturated carbocycles. The molecule has 0 unspecified atom stereocenters. The van der Waals surface area contributed by atoms with E-state index in [1.165, 1.54) is 12.3 Å². The van der Waals surface area contributed by atoms with Gasteiger partial charge in [0.25, 0.3) is 5.91 Å². The molecule has 104 valence electrons. The molecule has 2 aromatic rings. The van der Waals surface area contributed by atoms with Crippen LogP contribution in [-0.4, -0.2) is 18.5 Å². The molecule has 1 heterocycles. The van der Waals surface area contributed by atoms with Crippen molar-refractivity contribution >= 4 is 11.9 Å². The van der Waals surface area contributed by atoms with Crippen LogP contribution >= 0.6 is 0 Å². The van der Waals surface area contributed by atoms with Gasteiger partial charge in [-0.3, -0.25) is 4.79 Å². The van der Waals surface area contributed by atoms with Gasteiger partial charge < -0.3 is 14.5 Å². The highest BCUT2D eigenvalue weighted by atomic mass is 16.5. The summed E-state index contributed by atoms with van der Waals surface area (Å²) in [4.78, 5) is 23.2. The van der Waals surface area contributed by atoms with Crippen LogP contribution in [0.15, 0.2) is 53.1 Å². The third-order valence-electron chi connectivity index (χ3n) is 2.73. The van der Waals surface area contributed by atoms with Crippen molar-refractivity contribution in [3.8, 4) is 0 Å². The Balaban J connectivity index is 1.80. The Morgan fingerprint density at radius 3 is 2.60 bits per heavy atom. The van der Waals surface area contributed by atoms with Crippen molar-refractivity contribution < 1.29 is 18.7 Å². The molecule has 20 heavy (non-hydrogen) atoms. The standard InChI is InChI=1S/C15H15NO4/c1-11(12-6-3-2-4-7-12)16-14(17)10-20-15(18)13-8-5-9-19-13/h2-9,11H,10H2,1H3,(H,16,17)/t11-/m1/s1. The monoisotopic (exact) mass is 273 g/mol. The molecule has 0 radical (unpaired) electrons. The number of nitrogens with one attached hydrogen (secondary N) is 1. The molecule has 5 heteroatoms. The second-order valence-electron chi connectivity index (χ2n) is 4.25. The van der Waals surface area contributed by atoms with E-state index in [1.54, 1.807) is 6.07 Å². The van der Waals surface area contributed by atoms with E-state index >= 15 is 0 Å². The zero-order valence-electron chi connectivity index (χ0n) is 11.0. The number of benzene rings is 1. The lowest BCUT2D eigenvalue weighted by atomic mass is 10.1. The first-order valence-electron chi connectivity index (χ1n) is 6.22. The minimum Gasteiger partial charge on any atom is -0.457 e. The van der Waals surface area contributed by atoms with Crippen molar-refractivity contribution in [1.29, 1.82) is 0 Å². The van der Waals surface area contributed by atoms with Crippen LogP contribution in [0.2, 0.25) is 0 Å². The van der Waals surface area contributed by atoms with Crippen LogP contribution < -0.4 is 5.32 Å². The molecule has 0 aliphatic heterocycles. The van der Waals surface area contributed by atoms with Gasteiger partial charge in [0.2, 0.25) is 5.76 Å². The van der Waals surface area contributed by atoms with E-state index < -0.39 is 5.97 Å². The van der Waals surface area contributed by atoms with Gasteiger partial charge in [0.15, 0.2) is 6.61 Å². The van der Waals surface area contributed by atoms with Crippen molar-refractivity contribution in [2.75, 3.05) is 6.61 Å². The average Bonchev–Trinajstić information content (AvgIpc) is 3.00. The Morgan fingerprint density at radius 1 is 1.20 bits per heavy atom. The summed E-state index contributed by atoms with van der Waals surface area (Å²) in [5, 5.41) is 2.75. The number of carbonyl (C=O) groups is 2. The van der Waals surface area contributed by atoms with E-state index in [2.05, 4.69) is 5.32 Å². The summed E-state index contributed by atoms with van der Waals surface area (Å²) < 4.78 is 9.71. The highest BCUT2D eigenvalue weighted by molar-refractivity contribution is 5.88. The molecule has 0 saturated heterocycles. The molecule has 0 aliphatic carbocycles. The van der Waals surface area contributed by atoms with Gasteiger partial charge in [-0.2, -0.15) is 0 Å². The molecular formula is C15H15NO4. The minimum absolute atomic E-state index is 0.0777. The molecule has 0 spiro atoms. The Labute approximate surface area is 116 Å². The lowest BCUT2D eigenvalue weighted by molar-refractivity contribution is -0.124. The minimum atomic E-state index is -0.655. The zero-order chi connectivity index (χ0) is 14.4. The van der Waals surface area contributed by atoms with Gasteiger partial charge in [0.05, 0.1) is 12.3 Å². The van der Waals surface area contributed by atoms with Gasteiger partial charge in [-0.15, -0.1) is 0 Å². The molecule has 0 aliphatic rings. The smallest absolute Gasteiger partial charge is 0.374 e. The molecule has 0 bridgehead atoms. The lowest BCUT2D eigenvalue weighted by Crippen LogP contribution is -2.31. The molecular weight excluding hydrogens is 258 g/mol. The summed E-state index contributed by atoms with van der Waals surface area (Å²) in [6, 6.07) is 12.4. The van der Waals surface area contributed by atoms with E-state index in [4.69, 9.17) is 9.15 Å². The number of carbonyl (C=O) groups excluding carboxylic acids is 2. The van der Waals surface area contributed by atoms with Crippen LogP contribution in [0.4, 0.5) is 0 Å². The summed E-state index contributed by atoms with van der Waals surface area (Å²) in [6.45, 7) is 1.53. The Bertz CT molecular complexity index is 563. The van der Waals surface area contributed by atoms with E-state index in [-0.39, 0.29) is 24.3 Å². The SMILES string of the molecule is C[C@@H](NC(=O)COC(=O)c1ccco1)c1ccccc1. The van der Waals surface area contributed by atoms with Crippen LogP contribution in [0.3, 0.4) is 0 Å². The zero-order valence-corrected chi connectivity index (χ0v) is 11.0. The molecule has 0 fully saturated rings. The largest absolute Gasteiger partial charge is 0.457 e. The maximum Gasteiger partial charge on any atom is 0.374 e. The molecule has 2 rings (SSSR count). The Hall–Kier alpha value is -2.56.